The topological polar surface area (TPSA) is 20.2 Å². The highest BCUT2D eigenvalue weighted by molar-refractivity contribution is 4.83. The van der Waals surface area contributed by atoms with Gasteiger partial charge in [0.05, 0.1) is 6.10 Å². The van der Waals surface area contributed by atoms with Crippen LogP contribution in [0.5, 0.6) is 0 Å². The molecule has 15 heavy (non-hydrogen) atoms. The number of aliphatic hydroxyl groups excluding tert-OH is 1. The Bertz CT molecular complexity index is 163. The predicted octanol–water partition coefficient (Wildman–Crippen LogP) is 4.00. The van der Waals surface area contributed by atoms with E-state index < -0.39 is 0 Å². The minimum Gasteiger partial charge on any atom is -0.393 e. The Hall–Kier alpha value is -0.0400. The molecule has 0 aliphatic heterocycles. The fourth-order valence-electron chi connectivity index (χ4n) is 3.31. The Morgan fingerprint density at radius 3 is 2.20 bits per heavy atom. The number of rotatable bonds is 5. The Kier molecular flexibility index (Phi) is 5.66. The summed E-state index contributed by atoms with van der Waals surface area (Å²) in [6.07, 6.45) is 8.79. The van der Waals surface area contributed by atoms with Gasteiger partial charge in [-0.3, -0.25) is 0 Å². The summed E-state index contributed by atoms with van der Waals surface area (Å²) < 4.78 is 0. The van der Waals surface area contributed by atoms with Crippen LogP contribution in [0.4, 0.5) is 0 Å². The SMILES string of the molecule is CCC(CC)C(O)C1CCCCC1CC. The number of hydrogen-bond acceptors (Lipinski definition) is 1. The third kappa shape index (κ3) is 3.21. The lowest BCUT2D eigenvalue weighted by molar-refractivity contribution is 0.000885. The second-order valence-corrected chi connectivity index (χ2v) is 5.18. The van der Waals surface area contributed by atoms with Crippen LogP contribution in [0.2, 0.25) is 0 Å². The van der Waals surface area contributed by atoms with Crippen LogP contribution in [0.15, 0.2) is 0 Å². The molecule has 1 rings (SSSR count). The summed E-state index contributed by atoms with van der Waals surface area (Å²) in [7, 11) is 0. The zero-order valence-corrected chi connectivity index (χ0v) is 10.7. The zero-order chi connectivity index (χ0) is 11.3. The minimum atomic E-state index is -0.0368. The fourth-order valence-corrected chi connectivity index (χ4v) is 3.31. The van der Waals surface area contributed by atoms with Gasteiger partial charge in [-0.25, -0.2) is 0 Å². The van der Waals surface area contributed by atoms with Crippen molar-refractivity contribution in [2.24, 2.45) is 17.8 Å². The third-order valence-corrected chi connectivity index (χ3v) is 4.46. The van der Waals surface area contributed by atoms with Crippen LogP contribution < -0.4 is 0 Å². The van der Waals surface area contributed by atoms with E-state index in [0.29, 0.717) is 11.8 Å². The molecular weight excluding hydrogens is 184 g/mol. The number of hydrogen-bond donors (Lipinski definition) is 1. The van der Waals surface area contributed by atoms with Gasteiger partial charge in [0.1, 0.15) is 0 Å². The van der Waals surface area contributed by atoms with E-state index in [0.717, 1.165) is 18.8 Å². The van der Waals surface area contributed by atoms with Crippen LogP contribution in [0.25, 0.3) is 0 Å². The summed E-state index contributed by atoms with van der Waals surface area (Å²) in [4.78, 5) is 0. The molecule has 0 aromatic heterocycles. The second kappa shape index (κ2) is 6.52. The van der Waals surface area contributed by atoms with Crippen LogP contribution in [0.3, 0.4) is 0 Å². The normalized spacial score (nSPS) is 29.4. The monoisotopic (exact) mass is 212 g/mol. The van der Waals surface area contributed by atoms with Crippen LogP contribution >= 0.6 is 0 Å². The van der Waals surface area contributed by atoms with Crippen molar-refractivity contribution in [1.29, 1.82) is 0 Å². The van der Waals surface area contributed by atoms with E-state index in [2.05, 4.69) is 20.8 Å². The molecule has 0 amide bonds. The molecule has 0 radical (unpaired) electrons. The molecule has 0 aromatic rings. The quantitative estimate of drug-likeness (QED) is 0.730. The van der Waals surface area contributed by atoms with Crippen molar-refractivity contribution < 1.29 is 5.11 Å². The van der Waals surface area contributed by atoms with Gasteiger partial charge in [-0.1, -0.05) is 59.3 Å². The molecule has 0 bridgehead atoms. The highest BCUT2D eigenvalue weighted by atomic mass is 16.3. The smallest absolute Gasteiger partial charge is 0.0598 e. The molecule has 0 aromatic carbocycles. The molecule has 1 fully saturated rings. The zero-order valence-electron chi connectivity index (χ0n) is 10.7. The molecule has 1 nitrogen and oxygen atoms in total. The lowest BCUT2D eigenvalue weighted by Gasteiger charge is -2.37. The third-order valence-electron chi connectivity index (χ3n) is 4.46. The van der Waals surface area contributed by atoms with Gasteiger partial charge in [0.2, 0.25) is 0 Å². The molecule has 0 spiro atoms. The molecule has 3 atom stereocenters. The van der Waals surface area contributed by atoms with E-state index in [1.165, 1.54) is 32.1 Å². The van der Waals surface area contributed by atoms with Crippen molar-refractivity contribution in [2.45, 2.75) is 71.8 Å². The molecule has 90 valence electrons. The lowest BCUT2D eigenvalue weighted by atomic mass is 9.71. The number of aliphatic hydroxyl groups is 1. The summed E-state index contributed by atoms with van der Waals surface area (Å²) in [6.45, 7) is 6.70. The van der Waals surface area contributed by atoms with Crippen molar-refractivity contribution in [3.05, 3.63) is 0 Å². The maximum atomic E-state index is 10.4. The first kappa shape index (κ1) is 13.0. The average molecular weight is 212 g/mol. The Balaban J connectivity index is 2.57. The average Bonchev–Trinajstić information content (AvgIpc) is 2.30. The van der Waals surface area contributed by atoms with Gasteiger partial charge in [0.15, 0.2) is 0 Å². The molecule has 1 aliphatic rings. The summed E-state index contributed by atoms with van der Waals surface area (Å²) >= 11 is 0. The molecular formula is C14H28O. The summed E-state index contributed by atoms with van der Waals surface area (Å²) in [6, 6.07) is 0. The van der Waals surface area contributed by atoms with Gasteiger partial charge in [0, 0.05) is 0 Å². The molecule has 1 N–H and O–H groups in total. The van der Waals surface area contributed by atoms with Crippen LogP contribution in [0.1, 0.15) is 65.7 Å². The van der Waals surface area contributed by atoms with Crippen LogP contribution in [-0.2, 0) is 0 Å². The minimum absolute atomic E-state index is 0.0368. The first-order chi connectivity index (χ1) is 7.24. The highest BCUT2D eigenvalue weighted by Gasteiger charge is 2.32. The summed E-state index contributed by atoms with van der Waals surface area (Å²) in [5, 5.41) is 10.4. The van der Waals surface area contributed by atoms with E-state index in [1.807, 2.05) is 0 Å². The molecule has 1 saturated carbocycles. The van der Waals surface area contributed by atoms with Crippen LogP contribution in [-0.4, -0.2) is 11.2 Å². The molecule has 0 saturated heterocycles. The van der Waals surface area contributed by atoms with Gasteiger partial charge < -0.3 is 5.11 Å². The molecule has 3 unspecified atom stereocenters. The lowest BCUT2D eigenvalue weighted by Crippen LogP contribution is -2.35. The Morgan fingerprint density at radius 2 is 1.67 bits per heavy atom. The van der Waals surface area contributed by atoms with Gasteiger partial charge in [-0.15, -0.1) is 0 Å². The Labute approximate surface area is 95.3 Å². The van der Waals surface area contributed by atoms with Crippen molar-refractivity contribution in [3.8, 4) is 0 Å². The maximum absolute atomic E-state index is 10.4. The summed E-state index contributed by atoms with van der Waals surface area (Å²) in [5.74, 6) is 1.91. The standard InChI is InChI=1S/C14H28O/c1-4-11(5-2)14(15)13-10-8-7-9-12(13)6-3/h11-15H,4-10H2,1-3H3. The largest absolute Gasteiger partial charge is 0.393 e. The van der Waals surface area contributed by atoms with Crippen molar-refractivity contribution in [1.82, 2.24) is 0 Å². The maximum Gasteiger partial charge on any atom is 0.0598 e. The Morgan fingerprint density at radius 1 is 1.07 bits per heavy atom. The van der Waals surface area contributed by atoms with Gasteiger partial charge >= 0.3 is 0 Å². The van der Waals surface area contributed by atoms with Crippen molar-refractivity contribution >= 4 is 0 Å². The molecule has 0 heterocycles. The van der Waals surface area contributed by atoms with E-state index in [-0.39, 0.29) is 6.10 Å². The molecule has 1 heteroatoms. The second-order valence-electron chi connectivity index (χ2n) is 5.18. The molecule has 1 aliphatic carbocycles. The van der Waals surface area contributed by atoms with Crippen molar-refractivity contribution in [3.63, 3.8) is 0 Å². The van der Waals surface area contributed by atoms with Gasteiger partial charge in [-0.05, 0) is 24.2 Å². The summed E-state index contributed by atoms with van der Waals surface area (Å²) in [5.41, 5.74) is 0. The fraction of sp³-hybridized carbons (Fsp3) is 1.00. The van der Waals surface area contributed by atoms with Crippen molar-refractivity contribution in [2.75, 3.05) is 0 Å². The first-order valence-electron chi connectivity index (χ1n) is 6.92. The predicted molar refractivity (Wildman–Crippen MR) is 65.8 cm³/mol. The van der Waals surface area contributed by atoms with Gasteiger partial charge in [-0.2, -0.15) is 0 Å². The first-order valence-corrected chi connectivity index (χ1v) is 6.92. The van der Waals surface area contributed by atoms with E-state index in [1.54, 1.807) is 0 Å². The van der Waals surface area contributed by atoms with E-state index in [9.17, 15) is 5.11 Å². The van der Waals surface area contributed by atoms with E-state index >= 15 is 0 Å². The van der Waals surface area contributed by atoms with Crippen LogP contribution in [0, 0.1) is 17.8 Å². The van der Waals surface area contributed by atoms with Gasteiger partial charge in [0.25, 0.3) is 0 Å². The van der Waals surface area contributed by atoms with E-state index in [4.69, 9.17) is 0 Å². The highest BCUT2D eigenvalue weighted by Crippen LogP contribution is 2.37.